The number of aromatic nitrogens is 3. The first-order chi connectivity index (χ1) is 20.1. The van der Waals surface area contributed by atoms with Gasteiger partial charge in [0.1, 0.15) is 12.4 Å². The van der Waals surface area contributed by atoms with Gasteiger partial charge in [-0.3, -0.25) is 9.78 Å². The van der Waals surface area contributed by atoms with Crippen LogP contribution in [0.25, 0.3) is 10.8 Å². The summed E-state index contributed by atoms with van der Waals surface area (Å²) in [6, 6.07) is 11.2. The zero-order valence-electron chi connectivity index (χ0n) is 24.1. The van der Waals surface area contributed by atoms with E-state index in [1.54, 1.807) is 4.90 Å². The predicted octanol–water partition coefficient (Wildman–Crippen LogP) is 3.29. The molecule has 0 radical (unpaired) electrons. The van der Waals surface area contributed by atoms with Gasteiger partial charge >= 0.3 is 6.01 Å². The van der Waals surface area contributed by atoms with Crippen LogP contribution in [0.1, 0.15) is 30.5 Å². The Kier molecular flexibility index (Phi) is 9.14. The number of pyridine rings is 1. The molecule has 0 aliphatic carbocycles. The highest BCUT2D eigenvalue weighted by Gasteiger charge is 2.33. The van der Waals surface area contributed by atoms with Crippen LogP contribution >= 0.6 is 13.5 Å². The lowest BCUT2D eigenvalue weighted by Crippen LogP contribution is -2.55. The fraction of sp³-hybridized carbons (Fsp3) is 0.452. The number of carbonyl (C=O) groups excluding carboxylic acids is 1. The van der Waals surface area contributed by atoms with Gasteiger partial charge in [0.05, 0.1) is 30.8 Å². The number of benzene rings is 1. The number of ether oxygens (including phenoxy) is 1. The van der Waals surface area contributed by atoms with E-state index >= 15 is 0 Å². The normalized spacial score (nSPS) is 20.5. The topological polar surface area (TPSA) is 102 Å². The van der Waals surface area contributed by atoms with Gasteiger partial charge in [-0.25, -0.2) is 0 Å². The number of likely N-dealkylation sites (tertiary alicyclic amines) is 1. The molecule has 1 unspecified atom stereocenters. The summed E-state index contributed by atoms with van der Waals surface area (Å²) in [5.74, 6) is 0.723. The number of hydrogen-bond acceptors (Lipinski definition) is 9. The van der Waals surface area contributed by atoms with Crippen molar-refractivity contribution in [1.29, 1.82) is 5.26 Å². The number of hydrogen-bond donors (Lipinski definition) is 0. The molecule has 2 atom stereocenters. The molecule has 0 bridgehead atoms. The van der Waals surface area contributed by atoms with Gasteiger partial charge in [0, 0.05) is 66.6 Å². The molecule has 0 saturated carbocycles. The number of nitrogens with zero attached hydrogens (tertiary/aromatic N) is 8. The van der Waals surface area contributed by atoms with E-state index in [1.165, 1.54) is 17.9 Å². The molecule has 5 heterocycles. The summed E-state index contributed by atoms with van der Waals surface area (Å²) in [5, 5.41) is 11.8. The fourth-order valence-corrected chi connectivity index (χ4v) is 6.40. The molecule has 11 heteroatoms. The van der Waals surface area contributed by atoms with Crippen LogP contribution in [0, 0.1) is 11.3 Å². The molecule has 2 saturated heterocycles. The largest absolute Gasteiger partial charge is 0.462 e. The third-order valence-electron chi connectivity index (χ3n) is 8.66. The Morgan fingerprint density at radius 3 is 2.83 bits per heavy atom. The van der Waals surface area contributed by atoms with Crippen LogP contribution in [0.2, 0.25) is 0 Å². The Hall–Kier alpha value is -3.88. The highest BCUT2D eigenvalue weighted by atomic mass is 32.1. The molecular weight excluding hydrogens is 548 g/mol. The van der Waals surface area contributed by atoms with Gasteiger partial charge in [-0.2, -0.15) is 28.7 Å². The maximum atomic E-state index is 12.5. The van der Waals surface area contributed by atoms with E-state index in [4.69, 9.17) is 14.7 Å². The summed E-state index contributed by atoms with van der Waals surface area (Å²) in [6.07, 6.45) is 8.38. The Morgan fingerprint density at radius 1 is 1.17 bits per heavy atom. The third-order valence-corrected chi connectivity index (χ3v) is 8.66. The second-order valence-corrected chi connectivity index (χ2v) is 11.1. The Bertz CT molecular complexity index is 1490. The number of fused-ring (bicyclic) bond motifs is 2. The van der Waals surface area contributed by atoms with Gasteiger partial charge in [-0.1, -0.05) is 18.7 Å². The van der Waals surface area contributed by atoms with Gasteiger partial charge in [0.2, 0.25) is 5.91 Å². The first-order valence-corrected chi connectivity index (χ1v) is 14.4. The summed E-state index contributed by atoms with van der Waals surface area (Å²) < 4.78 is 6.27. The number of anilines is 2. The molecule has 1 amide bonds. The summed E-state index contributed by atoms with van der Waals surface area (Å²) >= 11 is 0. The molecule has 0 spiro atoms. The monoisotopic (exact) mass is 586 g/mol. The van der Waals surface area contributed by atoms with E-state index in [1.807, 2.05) is 12.4 Å². The minimum atomic E-state index is -0.231. The molecule has 3 aliphatic rings. The van der Waals surface area contributed by atoms with Crippen molar-refractivity contribution < 1.29 is 9.53 Å². The number of amides is 1. The first-order valence-electron chi connectivity index (χ1n) is 14.4. The van der Waals surface area contributed by atoms with Gasteiger partial charge < -0.3 is 24.3 Å². The van der Waals surface area contributed by atoms with Crippen molar-refractivity contribution in [3.05, 3.63) is 60.6 Å². The summed E-state index contributed by atoms with van der Waals surface area (Å²) in [6.45, 7) is 8.40. The molecule has 1 aromatic carbocycles. The van der Waals surface area contributed by atoms with Crippen molar-refractivity contribution >= 4 is 41.7 Å². The number of carbonyl (C=O) groups is 1. The maximum Gasteiger partial charge on any atom is 0.318 e. The van der Waals surface area contributed by atoms with Crippen molar-refractivity contribution in [3.63, 3.8) is 0 Å². The van der Waals surface area contributed by atoms with Crippen molar-refractivity contribution in [1.82, 2.24) is 24.8 Å². The molecule has 3 aliphatic heterocycles. The van der Waals surface area contributed by atoms with Crippen LogP contribution in [0.5, 0.6) is 6.01 Å². The van der Waals surface area contributed by atoms with Crippen LogP contribution in [0.4, 0.5) is 11.5 Å². The third kappa shape index (κ3) is 5.87. The average Bonchev–Trinajstić information content (AvgIpc) is 3.43. The number of rotatable bonds is 7. The smallest absolute Gasteiger partial charge is 0.318 e. The highest BCUT2D eigenvalue weighted by Crippen LogP contribution is 2.34. The van der Waals surface area contributed by atoms with Crippen LogP contribution < -0.4 is 14.5 Å². The molecule has 42 heavy (non-hydrogen) atoms. The van der Waals surface area contributed by atoms with E-state index < -0.39 is 0 Å². The van der Waals surface area contributed by atoms with Crippen LogP contribution in [-0.4, -0.2) is 89.1 Å². The van der Waals surface area contributed by atoms with E-state index in [9.17, 15) is 10.1 Å². The first kappa shape index (κ1) is 29.6. The molecule has 0 N–H and O–H groups in total. The quantitative estimate of drug-likeness (QED) is 0.386. The van der Waals surface area contributed by atoms with E-state index in [0.717, 1.165) is 54.1 Å². The maximum absolute atomic E-state index is 12.5. The minimum absolute atomic E-state index is 0. The number of likely N-dealkylation sites (N-methyl/N-ethyl adjacent to an activating group) is 1. The Balaban J connectivity index is 0.00000353. The van der Waals surface area contributed by atoms with Crippen molar-refractivity contribution in [2.75, 3.05) is 56.2 Å². The minimum Gasteiger partial charge on any atom is -0.462 e. The second-order valence-electron chi connectivity index (χ2n) is 11.1. The molecular formula is C31H38N8O2S. The van der Waals surface area contributed by atoms with Crippen LogP contribution in [0.3, 0.4) is 0 Å². The van der Waals surface area contributed by atoms with Gasteiger partial charge in [-0.15, -0.1) is 0 Å². The van der Waals surface area contributed by atoms with Gasteiger partial charge in [-0.05, 0) is 51.1 Å². The molecule has 2 aromatic heterocycles. The molecule has 10 nitrogen and oxygen atoms in total. The fourth-order valence-electron chi connectivity index (χ4n) is 6.40. The zero-order chi connectivity index (χ0) is 28.3. The second kappa shape index (κ2) is 13.0. The molecule has 3 aromatic rings. The standard InChI is InChI=1S/C31H36N8O2.H2S/c1-3-29(40)39-17-16-38(19-23(39)9-12-32)30-26-11-15-37(28-8-4-6-22-18-33-13-10-25(22)28)20-27(26)34-31(35-30)41-21-24-7-5-14-36(24)2;/h3-4,6,8,10,13,18,23-24H,1,5,7,9,11,14-17,19-21H2,2H3;1H2/t23?,24-;/m0./s1. The van der Waals surface area contributed by atoms with Crippen LogP contribution in [0.15, 0.2) is 49.3 Å². The highest BCUT2D eigenvalue weighted by molar-refractivity contribution is 7.59. The summed E-state index contributed by atoms with van der Waals surface area (Å²) in [7, 11) is 2.14. The van der Waals surface area contributed by atoms with Gasteiger partial charge in [0.15, 0.2) is 0 Å². The lowest BCUT2D eigenvalue weighted by Gasteiger charge is -2.42. The van der Waals surface area contributed by atoms with Crippen molar-refractivity contribution in [2.45, 2.75) is 44.3 Å². The van der Waals surface area contributed by atoms with Crippen molar-refractivity contribution in [2.24, 2.45) is 0 Å². The molecule has 6 rings (SSSR count). The van der Waals surface area contributed by atoms with Crippen LogP contribution in [-0.2, 0) is 17.8 Å². The number of piperazine rings is 1. The number of nitriles is 1. The summed E-state index contributed by atoms with van der Waals surface area (Å²) in [4.78, 5) is 35.4. The van der Waals surface area contributed by atoms with E-state index in [2.05, 4.69) is 63.6 Å². The SMILES string of the molecule is C=CC(=O)N1CCN(c2nc(OC[C@@H]3CCCN3C)nc3c2CCN(c2cccc4cnccc24)C3)CC1CC#N.S. The average molecular weight is 587 g/mol. The zero-order valence-corrected chi connectivity index (χ0v) is 25.1. The van der Waals surface area contributed by atoms with Crippen molar-refractivity contribution in [3.8, 4) is 12.1 Å². The predicted molar refractivity (Wildman–Crippen MR) is 168 cm³/mol. The Labute approximate surface area is 254 Å². The van der Waals surface area contributed by atoms with E-state index in [-0.39, 0.29) is 31.9 Å². The van der Waals surface area contributed by atoms with E-state index in [0.29, 0.717) is 44.8 Å². The lowest BCUT2D eigenvalue weighted by molar-refractivity contribution is -0.128. The van der Waals surface area contributed by atoms with Gasteiger partial charge in [0.25, 0.3) is 0 Å². The molecule has 2 fully saturated rings. The summed E-state index contributed by atoms with van der Waals surface area (Å²) in [5.41, 5.74) is 3.24. The lowest BCUT2D eigenvalue weighted by atomic mass is 10.0. The Morgan fingerprint density at radius 2 is 2.05 bits per heavy atom. The molecule has 220 valence electrons.